The maximum atomic E-state index is 13.7. The van der Waals surface area contributed by atoms with Crippen molar-refractivity contribution in [2.45, 2.75) is 18.4 Å². The molecule has 0 bridgehead atoms. The van der Waals surface area contributed by atoms with Crippen molar-refractivity contribution >= 4 is 27.4 Å². The van der Waals surface area contributed by atoms with Gasteiger partial charge in [-0.3, -0.25) is 4.90 Å². The normalized spacial score (nSPS) is 14.7. The summed E-state index contributed by atoms with van der Waals surface area (Å²) in [7, 11) is -2.75. The first-order valence-electron chi connectivity index (χ1n) is 10.5. The Morgan fingerprint density at radius 3 is 2.29 bits per heavy atom. The van der Waals surface area contributed by atoms with Gasteiger partial charge < -0.3 is 9.15 Å². The molecule has 3 aromatic carbocycles. The number of aromatic nitrogens is 1. The highest BCUT2D eigenvalue weighted by molar-refractivity contribution is 7.94. The van der Waals surface area contributed by atoms with Gasteiger partial charge >= 0.3 is 6.03 Å². The first-order chi connectivity index (χ1) is 16.4. The molecule has 1 aliphatic heterocycles. The molecule has 0 aliphatic carbocycles. The van der Waals surface area contributed by atoms with Crippen molar-refractivity contribution in [3.8, 4) is 17.2 Å². The molecule has 8 nitrogen and oxygen atoms in total. The van der Waals surface area contributed by atoms with Crippen LogP contribution in [0.3, 0.4) is 0 Å². The monoisotopic (exact) mass is 475 g/mol. The summed E-state index contributed by atoms with van der Waals surface area (Å²) in [6, 6.07) is 21.6. The number of rotatable bonds is 5. The van der Waals surface area contributed by atoms with Crippen LogP contribution in [-0.4, -0.2) is 26.5 Å². The summed E-state index contributed by atoms with van der Waals surface area (Å²) in [6.07, 6.45) is 0. The van der Waals surface area contributed by atoms with E-state index in [0.29, 0.717) is 17.3 Å². The number of methoxy groups -OCH3 is 1. The lowest BCUT2D eigenvalue weighted by molar-refractivity contribution is 0.253. The predicted octanol–water partition coefficient (Wildman–Crippen LogP) is 4.99. The van der Waals surface area contributed by atoms with E-state index in [1.54, 1.807) is 43.3 Å². The molecule has 2 heterocycles. The van der Waals surface area contributed by atoms with E-state index in [-0.39, 0.29) is 28.6 Å². The lowest BCUT2D eigenvalue weighted by Crippen LogP contribution is -2.50. The van der Waals surface area contributed by atoms with E-state index in [1.807, 2.05) is 30.3 Å². The third-order valence-electron chi connectivity index (χ3n) is 5.60. The summed E-state index contributed by atoms with van der Waals surface area (Å²) in [5.41, 5.74) is 1.75. The van der Waals surface area contributed by atoms with Crippen molar-refractivity contribution in [1.29, 1.82) is 0 Å². The standard InChI is InChI=1S/C25H21N3O5S/c1-17-19(26-24(33-17)18-10-4-3-5-11-18)16-27-21-13-7-9-15-23(21)34(30,31)28(25(27)29)20-12-6-8-14-22(20)32-2/h3-15H,16H2,1-2H3. The average Bonchev–Trinajstić information content (AvgIpc) is 3.22. The Morgan fingerprint density at radius 2 is 1.56 bits per heavy atom. The fourth-order valence-electron chi connectivity index (χ4n) is 3.92. The van der Waals surface area contributed by atoms with Crippen molar-refractivity contribution in [3.05, 3.63) is 90.3 Å². The second kappa shape index (κ2) is 8.35. The van der Waals surface area contributed by atoms with Gasteiger partial charge in [0, 0.05) is 5.56 Å². The average molecular weight is 476 g/mol. The molecule has 1 aliphatic rings. The fourth-order valence-corrected chi connectivity index (χ4v) is 5.53. The highest BCUT2D eigenvalue weighted by Crippen LogP contribution is 2.41. The number of oxazole rings is 1. The lowest BCUT2D eigenvalue weighted by atomic mass is 10.2. The van der Waals surface area contributed by atoms with Crippen molar-refractivity contribution < 1.29 is 22.4 Å². The molecular formula is C25H21N3O5S. The number of sulfonamides is 1. The topological polar surface area (TPSA) is 92.9 Å². The summed E-state index contributed by atoms with van der Waals surface area (Å²) >= 11 is 0. The Hall–Kier alpha value is -4.11. The number of nitrogens with zero attached hydrogens (tertiary/aromatic N) is 3. The van der Waals surface area contributed by atoms with E-state index in [0.717, 1.165) is 9.87 Å². The zero-order chi connectivity index (χ0) is 23.9. The minimum absolute atomic E-state index is 0.0185. The molecule has 172 valence electrons. The Kier molecular flexibility index (Phi) is 5.33. The highest BCUT2D eigenvalue weighted by atomic mass is 32.2. The molecule has 0 saturated heterocycles. The molecule has 2 amide bonds. The van der Waals surface area contributed by atoms with Crippen LogP contribution >= 0.6 is 0 Å². The largest absolute Gasteiger partial charge is 0.495 e. The van der Waals surface area contributed by atoms with Gasteiger partial charge in [-0.05, 0) is 43.3 Å². The van der Waals surface area contributed by atoms with Gasteiger partial charge in [0.25, 0.3) is 10.0 Å². The van der Waals surface area contributed by atoms with E-state index in [4.69, 9.17) is 9.15 Å². The van der Waals surface area contributed by atoms with Gasteiger partial charge in [-0.25, -0.2) is 18.2 Å². The summed E-state index contributed by atoms with van der Waals surface area (Å²) in [5.74, 6) is 1.24. The van der Waals surface area contributed by atoms with Crippen molar-refractivity contribution in [2.24, 2.45) is 0 Å². The number of urea groups is 1. The van der Waals surface area contributed by atoms with Crippen molar-refractivity contribution in [1.82, 2.24) is 4.98 Å². The van der Waals surface area contributed by atoms with Gasteiger partial charge in [-0.2, -0.15) is 4.31 Å². The maximum Gasteiger partial charge on any atom is 0.343 e. The van der Waals surface area contributed by atoms with Gasteiger partial charge in [0.1, 0.15) is 27.8 Å². The van der Waals surface area contributed by atoms with Crippen molar-refractivity contribution in [3.63, 3.8) is 0 Å². The smallest absolute Gasteiger partial charge is 0.343 e. The summed E-state index contributed by atoms with van der Waals surface area (Å²) < 4.78 is 39.0. The quantitative estimate of drug-likeness (QED) is 0.404. The van der Waals surface area contributed by atoms with Crippen LogP contribution in [0.25, 0.3) is 11.5 Å². The molecule has 0 saturated carbocycles. The van der Waals surface area contributed by atoms with Crippen LogP contribution < -0.4 is 13.9 Å². The van der Waals surface area contributed by atoms with Crippen molar-refractivity contribution in [2.75, 3.05) is 16.3 Å². The van der Waals surface area contributed by atoms with Crippen LogP contribution in [0.4, 0.5) is 16.2 Å². The highest BCUT2D eigenvalue weighted by Gasteiger charge is 2.43. The zero-order valence-corrected chi connectivity index (χ0v) is 19.3. The second-order valence-corrected chi connectivity index (χ2v) is 9.42. The molecule has 1 aromatic heterocycles. The SMILES string of the molecule is COc1ccccc1N1C(=O)N(Cc2nc(-c3ccccc3)oc2C)c2ccccc2S1(=O)=O. The van der Waals surface area contributed by atoms with Crippen LogP contribution in [-0.2, 0) is 16.6 Å². The van der Waals surface area contributed by atoms with E-state index in [1.165, 1.54) is 24.1 Å². The molecule has 9 heteroatoms. The fraction of sp³-hybridized carbons (Fsp3) is 0.120. The summed E-state index contributed by atoms with van der Waals surface area (Å²) in [6.45, 7) is 1.79. The van der Waals surface area contributed by atoms with E-state index in [9.17, 15) is 13.2 Å². The molecule has 0 radical (unpaired) electrons. The molecular weight excluding hydrogens is 454 g/mol. The van der Waals surface area contributed by atoms with Gasteiger partial charge in [0.15, 0.2) is 0 Å². The van der Waals surface area contributed by atoms with Gasteiger partial charge in [0.2, 0.25) is 5.89 Å². The molecule has 0 unspecified atom stereocenters. The number of amides is 2. The number of fused-ring (bicyclic) bond motifs is 1. The summed E-state index contributed by atoms with van der Waals surface area (Å²) in [4.78, 5) is 19.7. The zero-order valence-electron chi connectivity index (χ0n) is 18.5. The van der Waals surface area contributed by atoms with Crippen LogP contribution in [0.2, 0.25) is 0 Å². The Bertz CT molecular complexity index is 1480. The number of carbonyl (C=O) groups excluding carboxylic acids is 1. The second-order valence-electron chi connectivity index (χ2n) is 7.67. The Labute approximate surface area is 197 Å². The first kappa shape index (κ1) is 21.7. The van der Waals surface area contributed by atoms with Crippen LogP contribution in [0.1, 0.15) is 11.5 Å². The molecule has 0 spiro atoms. The lowest BCUT2D eigenvalue weighted by Gasteiger charge is -2.36. The number of hydrogen-bond donors (Lipinski definition) is 0. The van der Waals surface area contributed by atoms with E-state index >= 15 is 0 Å². The Balaban J connectivity index is 1.62. The molecule has 0 fully saturated rings. The number of ether oxygens (including phenoxy) is 1. The third kappa shape index (κ3) is 3.50. The summed E-state index contributed by atoms with van der Waals surface area (Å²) in [5, 5.41) is 0. The number of hydrogen-bond acceptors (Lipinski definition) is 6. The van der Waals surface area contributed by atoms with Crippen LogP contribution in [0.5, 0.6) is 5.75 Å². The number of aryl methyl sites for hydroxylation is 1. The first-order valence-corrected chi connectivity index (χ1v) is 12.0. The molecule has 0 N–H and O–H groups in total. The Morgan fingerprint density at radius 1 is 0.912 bits per heavy atom. The van der Waals surface area contributed by atoms with E-state index < -0.39 is 16.1 Å². The molecule has 34 heavy (non-hydrogen) atoms. The molecule has 5 rings (SSSR count). The van der Waals surface area contributed by atoms with Gasteiger partial charge in [-0.15, -0.1) is 0 Å². The van der Waals surface area contributed by atoms with Crippen LogP contribution in [0.15, 0.2) is 88.2 Å². The number of carbonyl (C=O) groups is 1. The number of anilines is 2. The predicted molar refractivity (Wildman–Crippen MR) is 127 cm³/mol. The number of para-hydroxylation sites is 3. The molecule has 0 atom stereocenters. The number of benzene rings is 3. The maximum absolute atomic E-state index is 13.7. The third-order valence-corrected chi connectivity index (χ3v) is 7.34. The van der Waals surface area contributed by atoms with Gasteiger partial charge in [0.05, 0.1) is 19.3 Å². The minimum Gasteiger partial charge on any atom is -0.495 e. The van der Waals surface area contributed by atoms with Gasteiger partial charge in [-0.1, -0.05) is 42.5 Å². The van der Waals surface area contributed by atoms with E-state index in [2.05, 4.69) is 4.98 Å². The molecule has 4 aromatic rings. The van der Waals surface area contributed by atoms with Crippen LogP contribution in [0, 0.1) is 6.92 Å². The minimum atomic E-state index is -4.17.